The predicted molar refractivity (Wildman–Crippen MR) is 84.0 cm³/mol. The highest BCUT2D eigenvalue weighted by molar-refractivity contribution is 5.92. The Kier molecular flexibility index (Phi) is 5.72. The Bertz CT molecular complexity index is 597. The quantitative estimate of drug-likeness (QED) is 0.872. The second-order valence-electron chi connectivity index (χ2n) is 5.57. The van der Waals surface area contributed by atoms with Gasteiger partial charge in [-0.3, -0.25) is 10.2 Å². The molecular weight excluding hydrogens is 294 g/mol. The zero-order chi connectivity index (χ0) is 16.7. The van der Waals surface area contributed by atoms with Crippen LogP contribution in [0, 0.1) is 11.3 Å². The summed E-state index contributed by atoms with van der Waals surface area (Å²) in [6.07, 6.45) is 1.46. The second kappa shape index (κ2) is 7.75. The summed E-state index contributed by atoms with van der Waals surface area (Å²) in [5.41, 5.74) is 2.17. The summed E-state index contributed by atoms with van der Waals surface area (Å²) in [4.78, 5) is 24.3. The molecule has 0 bridgehead atoms. The van der Waals surface area contributed by atoms with Crippen LogP contribution in [0.4, 0.5) is 4.79 Å². The van der Waals surface area contributed by atoms with Gasteiger partial charge < -0.3 is 4.74 Å². The van der Waals surface area contributed by atoms with Crippen molar-refractivity contribution in [3.63, 3.8) is 0 Å². The zero-order valence-electron chi connectivity index (χ0n) is 13.2. The first-order valence-electron chi connectivity index (χ1n) is 7.82. The van der Waals surface area contributed by atoms with Gasteiger partial charge in [-0.05, 0) is 24.8 Å². The van der Waals surface area contributed by atoms with Crippen LogP contribution in [0.3, 0.4) is 0 Å². The van der Waals surface area contributed by atoms with Crippen molar-refractivity contribution >= 4 is 11.9 Å². The third-order valence-corrected chi connectivity index (χ3v) is 3.94. The topological polar surface area (TPSA) is 82.4 Å². The number of ether oxygens (including phenoxy) is 1. The molecule has 1 aliphatic rings. The summed E-state index contributed by atoms with van der Waals surface area (Å²) in [7, 11) is 0. The van der Waals surface area contributed by atoms with Gasteiger partial charge in [0.25, 0.3) is 0 Å². The predicted octanol–water partition coefficient (Wildman–Crippen LogP) is 2.56. The summed E-state index contributed by atoms with van der Waals surface area (Å²) in [5, 5.41) is 10.9. The first-order chi connectivity index (χ1) is 11.1. The van der Waals surface area contributed by atoms with Crippen LogP contribution < -0.4 is 5.43 Å². The summed E-state index contributed by atoms with van der Waals surface area (Å²) in [6, 6.07) is 11.4. The molecule has 1 aliphatic heterocycles. The van der Waals surface area contributed by atoms with E-state index >= 15 is 0 Å². The van der Waals surface area contributed by atoms with E-state index in [1.807, 2.05) is 37.3 Å². The number of carbonyl (C=O) groups is 2. The molecule has 1 aromatic rings. The molecule has 2 rings (SSSR count). The van der Waals surface area contributed by atoms with Crippen LogP contribution in [0.2, 0.25) is 0 Å². The number of hydrogen-bond acceptors (Lipinski definition) is 5. The van der Waals surface area contributed by atoms with Crippen molar-refractivity contribution in [3.05, 3.63) is 35.9 Å². The molecule has 23 heavy (non-hydrogen) atoms. The van der Waals surface area contributed by atoms with Gasteiger partial charge in [0.2, 0.25) is 0 Å². The summed E-state index contributed by atoms with van der Waals surface area (Å²) in [5.74, 6) is -0.150. The number of hydrogen-bond donors (Lipinski definition) is 1. The molecule has 1 atom stereocenters. The number of amides is 1. The Morgan fingerprint density at radius 3 is 2.78 bits per heavy atom. The fourth-order valence-electron chi connectivity index (χ4n) is 2.74. The van der Waals surface area contributed by atoms with Gasteiger partial charge in [-0.25, -0.2) is 4.79 Å². The fourth-order valence-corrected chi connectivity index (χ4v) is 2.74. The summed E-state index contributed by atoms with van der Waals surface area (Å²) >= 11 is 0. The van der Waals surface area contributed by atoms with Crippen molar-refractivity contribution in [2.45, 2.75) is 44.8 Å². The largest absolute Gasteiger partial charge is 0.444 e. The van der Waals surface area contributed by atoms with Gasteiger partial charge in [-0.2, -0.15) is 10.3 Å². The van der Waals surface area contributed by atoms with Crippen LogP contribution in [0.1, 0.15) is 38.2 Å². The average Bonchev–Trinajstić information content (AvgIpc) is 2.98. The molecule has 1 N–H and O–H groups in total. The van der Waals surface area contributed by atoms with Gasteiger partial charge in [0.15, 0.2) is 11.3 Å². The monoisotopic (exact) mass is 315 g/mol. The van der Waals surface area contributed by atoms with Crippen LogP contribution in [0.25, 0.3) is 0 Å². The molecule has 6 nitrogen and oxygen atoms in total. The summed E-state index contributed by atoms with van der Waals surface area (Å²) < 4.78 is 5.16. The zero-order valence-corrected chi connectivity index (χ0v) is 13.2. The van der Waals surface area contributed by atoms with Gasteiger partial charge in [0, 0.05) is 13.0 Å². The van der Waals surface area contributed by atoms with E-state index in [1.54, 1.807) is 0 Å². The van der Waals surface area contributed by atoms with Crippen LogP contribution in [-0.2, 0) is 16.1 Å². The van der Waals surface area contributed by atoms with Gasteiger partial charge in [-0.15, -0.1) is 0 Å². The van der Waals surface area contributed by atoms with E-state index in [4.69, 9.17) is 4.74 Å². The number of ketones is 1. The lowest BCUT2D eigenvalue weighted by atomic mass is 9.91. The lowest BCUT2D eigenvalue weighted by Gasteiger charge is -2.30. The smallest absolute Gasteiger partial charge is 0.422 e. The molecule has 1 unspecified atom stereocenters. The van der Waals surface area contributed by atoms with Crippen molar-refractivity contribution in [3.8, 4) is 6.07 Å². The first kappa shape index (κ1) is 17.0. The van der Waals surface area contributed by atoms with E-state index in [-0.39, 0.29) is 12.4 Å². The van der Waals surface area contributed by atoms with Crippen molar-refractivity contribution < 1.29 is 14.3 Å². The lowest BCUT2D eigenvalue weighted by molar-refractivity contribution is -0.127. The third-order valence-electron chi connectivity index (χ3n) is 3.94. The van der Waals surface area contributed by atoms with E-state index in [0.717, 1.165) is 5.56 Å². The van der Waals surface area contributed by atoms with Crippen LogP contribution >= 0.6 is 0 Å². The number of nitriles is 1. The number of hydrazine groups is 1. The Hall–Kier alpha value is -2.39. The minimum Gasteiger partial charge on any atom is -0.444 e. The number of nitrogens with one attached hydrogen (secondary N) is 1. The SMILES string of the molecule is CCCC(=O)C1(C#N)CCCN1NC(=O)OCc1ccccc1. The Morgan fingerprint density at radius 1 is 1.39 bits per heavy atom. The number of benzene rings is 1. The van der Waals surface area contributed by atoms with Crippen molar-refractivity contribution in [1.29, 1.82) is 5.26 Å². The molecule has 0 saturated carbocycles. The fraction of sp³-hybridized carbons (Fsp3) is 0.471. The highest BCUT2D eigenvalue weighted by atomic mass is 16.6. The Morgan fingerprint density at radius 2 is 2.13 bits per heavy atom. The molecule has 1 fully saturated rings. The van der Waals surface area contributed by atoms with Crippen molar-refractivity contribution in [1.82, 2.24) is 10.4 Å². The van der Waals surface area contributed by atoms with E-state index < -0.39 is 11.6 Å². The maximum absolute atomic E-state index is 12.3. The number of rotatable bonds is 6. The average molecular weight is 315 g/mol. The minimum absolute atomic E-state index is 0.142. The molecule has 122 valence electrons. The normalized spacial score (nSPS) is 20.7. The Balaban J connectivity index is 1.96. The van der Waals surface area contributed by atoms with E-state index in [9.17, 15) is 14.9 Å². The molecule has 0 spiro atoms. The number of carbonyl (C=O) groups excluding carboxylic acids is 2. The molecule has 0 aliphatic carbocycles. The van der Waals surface area contributed by atoms with E-state index in [1.165, 1.54) is 5.01 Å². The van der Waals surface area contributed by atoms with E-state index in [0.29, 0.717) is 32.2 Å². The van der Waals surface area contributed by atoms with Crippen LogP contribution in [0.5, 0.6) is 0 Å². The molecule has 1 amide bonds. The maximum atomic E-state index is 12.3. The summed E-state index contributed by atoms with van der Waals surface area (Å²) in [6.45, 7) is 2.50. The third kappa shape index (κ3) is 3.88. The van der Waals surface area contributed by atoms with E-state index in [2.05, 4.69) is 11.5 Å². The molecule has 1 aromatic carbocycles. The highest BCUT2D eigenvalue weighted by Gasteiger charge is 2.48. The van der Waals surface area contributed by atoms with Crippen molar-refractivity contribution in [2.24, 2.45) is 0 Å². The lowest BCUT2D eigenvalue weighted by Crippen LogP contribution is -2.57. The second-order valence-corrected chi connectivity index (χ2v) is 5.57. The maximum Gasteiger partial charge on any atom is 0.422 e. The van der Waals surface area contributed by atoms with Crippen LogP contribution in [0.15, 0.2) is 30.3 Å². The molecular formula is C17H21N3O3. The standard InChI is InChI=1S/C17H21N3O3/c1-2-7-15(21)17(13-18)10-6-11-20(17)19-16(22)23-12-14-8-4-3-5-9-14/h3-5,8-9H,2,6-7,10-12H2,1H3,(H,19,22). The number of Topliss-reactive ketones (excluding diaryl/α,β-unsaturated/α-hetero) is 1. The molecule has 6 heteroatoms. The van der Waals surface area contributed by atoms with Gasteiger partial charge in [-0.1, -0.05) is 37.3 Å². The van der Waals surface area contributed by atoms with Gasteiger partial charge >= 0.3 is 6.09 Å². The van der Waals surface area contributed by atoms with Crippen molar-refractivity contribution in [2.75, 3.05) is 6.54 Å². The minimum atomic E-state index is -1.26. The molecule has 0 aromatic heterocycles. The first-order valence-corrected chi connectivity index (χ1v) is 7.82. The number of nitrogens with zero attached hydrogens (tertiary/aromatic N) is 2. The van der Waals surface area contributed by atoms with Gasteiger partial charge in [0.1, 0.15) is 6.61 Å². The highest BCUT2D eigenvalue weighted by Crippen LogP contribution is 2.29. The Labute approximate surface area is 136 Å². The van der Waals surface area contributed by atoms with Gasteiger partial charge in [0.05, 0.1) is 6.07 Å². The molecule has 1 saturated heterocycles. The molecule has 0 radical (unpaired) electrons. The van der Waals surface area contributed by atoms with Crippen LogP contribution in [-0.4, -0.2) is 29.0 Å². The molecule has 1 heterocycles.